The van der Waals surface area contributed by atoms with Crippen molar-refractivity contribution in [3.63, 3.8) is 0 Å². The van der Waals surface area contributed by atoms with E-state index < -0.39 is 0 Å². The quantitative estimate of drug-likeness (QED) is 0.736. The number of aromatic amines is 1. The van der Waals surface area contributed by atoms with E-state index in [0.29, 0.717) is 0 Å². The van der Waals surface area contributed by atoms with Crippen molar-refractivity contribution in [3.8, 4) is 5.75 Å². The number of phenols is 1. The number of nitrogens with one attached hydrogen (secondary N) is 1. The minimum Gasteiger partial charge on any atom is -0.508 e. The highest BCUT2D eigenvalue weighted by Gasteiger charge is 2.05. The molecule has 2 N–H and O–H groups in total. The van der Waals surface area contributed by atoms with Gasteiger partial charge >= 0.3 is 5.97 Å². The molecule has 15 heavy (non-hydrogen) atoms. The van der Waals surface area contributed by atoms with Crippen molar-refractivity contribution < 1.29 is 14.6 Å². The molecule has 0 aliphatic heterocycles. The number of aromatic nitrogens is 1. The number of hydrogen-bond acceptors (Lipinski definition) is 3. The van der Waals surface area contributed by atoms with Crippen molar-refractivity contribution >= 4 is 16.9 Å². The van der Waals surface area contributed by atoms with Gasteiger partial charge in [-0.2, -0.15) is 0 Å². The molecular weight excluding hydrogens is 194 g/mol. The minimum atomic E-state index is -0.315. The zero-order valence-corrected chi connectivity index (χ0v) is 8.28. The topological polar surface area (TPSA) is 62.3 Å². The lowest BCUT2D eigenvalue weighted by Crippen LogP contribution is -1.97. The molecule has 0 atom stereocenters. The Morgan fingerprint density at radius 3 is 3.07 bits per heavy atom. The first-order valence-corrected chi connectivity index (χ1v) is 4.59. The number of benzene rings is 1. The Balaban J connectivity index is 2.35. The van der Waals surface area contributed by atoms with Crippen molar-refractivity contribution in [1.82, 2.24) is 4.98 Å². The Morgan fingerprint density at radius 1 is 1.53 bits per heavy atom. The van der Waals surface area contributed by atoms with Gasteiger partial charge in [-0.15, -0.1) is 0 Å². The zero-order valence-electron chi connectivity index (χ0n) is 8.28. The third-order valence-corrected chi connectivity index (χ3v) is 2.18. The van der Waals surface area contributed by atoms with Crippen LogP contribution in [0.2, 0.25) is 0 Å². The molecule has 4 nitrogen and oxygen atoms in total. The van der Waals surface area contributed by atoms with E-state index in [1.807, 2.05) is 0 Å². The first-order valence-electron chi connectivity index (χ1n) is 4.59. The molecule has 0 aliphatic carbocycles. The summed E-state index contributed by atoms with van der Waals surface area (Å²) >= 11 is 0. The first kappa shape index (κ1) is 9.58. The molecule has 0 saturated heterocycles. The van der Waals surface area contributed by atoms with E-state index in [-0.39, 0.29) is 18.3 Å². The van der Waals surface area contributed by atoms with Gasteiger partial charge in [0.1, 0.15) is 12.4 Å². The normalized spacial score (nSPS) is 10.5. The standard InChI is InChI=1S/C11H11NO3/c1-7(13)15-6-8-5-12-11-3-2-9(14)4-10(8)11/h2-5,12,14H,6H2,1H3. The van der Waals surface area contributed by atoms with Gasteiger partial charge in [0.2, 0.25) is 0 Å². The Morgan fingerprint density at radius 2 is 2.33 bits per heavy atom. The smallest absolute Gasteiger partial charge is 0.302 e. The number of fused-ring (bicyclic) bond motifs is 1. The number of esters is 1. The fourth-order valence-electron chi connectivity index (χ4n) is 1.47. The summed E-state index contributed by atoms with van der Waals surface area (Å²) in [4.78, 5) is 13.7. The second kappa shape index (κ2) is 3.65. The summed E-state index contributed by atoms with van der Waals surface area (Å²) in [5, 5.41) is 10.2. The molecule has 1 heterocycles. The molecule has 0 radical (unpaired) electrons. The summed E-state index contributed by atoms with van der Waals surface area (Å²) in [5.41, 5.74) is 1.77. The lowest BCUT2D eigenvalue weighted by atomic mass is 10.2. The largest absolute Gasteiger partial charge is 0.508 e. The van der Waals surface area contributed by atoms with E-state index in [9.17, 15) is 9.90 Å². The predicted molar refractivity (Wildman–Crippen MR) is 55.4 cm³/mol. The first-order chi connectivity index (χ1) is 7.16. The van der Waals surface area contributed by atoms with Crippen LogP contribution in [0.25, 0.3) is 10.9 Å². The van der Waals surface area contributed by atoms with Crippen LogP contribution in [0.1, 0.15) is 12.5 Å². The lowest BCUT2D eigenvalue weighted by Gasteiger charge is -2.00. The second-order valence-corrected chi connectivity index (χ2v) is 3.32. The van der Waals surface area contributed by atoms with E-state index in [1.165, 1.54) is 6.92 Å². The summed E-state index contributed by atoms with van der Waals surface area (Å²) in [7, 11) is 0. The average molecular weight is 205 g/mol. The number of carbonyl (C=O) groups is 1. The predicted octanol–water partition coefficient (Wildman–Crippen LogP) is 1.94. The summed E-state index contributed by atoms with van der Waals surface area (Å²) in [6.45, 7) is 1.59. The van der Waals surface area contributed by atoms with Gasteiger partial charge < -0.3 is 14.8 Å². The van der Waals surface area contributed by atoms with Crippen LogP contribution in [0.4, 0.5) is 0 Å². The minimum absolute atomic E-state index is 0.200. The number of carbonyl (C=O) groups excluding carboxylic acids is 1. The molecule has 2 rings (SSSR count). The van der Waals surface area contributed by atoms with Crippen molar-refractivity contribution in [2.75, 3.05) is 0 Å². The molecule has 2 aromatic rings. The van der Waals surface area contributed by atoms with Crippen LogP contribution in [0.5, 0.6) is 5.75 Å². The number of aromatic hydroxyl groups is 1. The average Bonchev–Trinajstić information content (AvgIpc) is 2.57. The zero-order chi connectivity index (χ0) is 10.8. The van der Waals surface area contributed by atoms with Crippen molar-refractivity contribution in [2.24, 2.45) is 0 Å². The second-order valence-electron chi connectivity index (χ2n) is 3.32. The molecule has 1 aromatic carbocycles. The third-order valence-electron chi connectivity index (χ3n) is 2.18. The lowest BCUT2D eigenvalue weighted by molar-refractivity contribution is -0.142. The maximum atomic E-state index is 10.7. The molecule has 0 fully saturated rings. The summed E-state index contributed by atoms with van der Waals surface area (Å²) in [5.74, 6) is -0.115. The van der Waals surface area contributed by atoms with E-state index >= 15 is 0 Å². The SMILES string of the molecule is CC(=O)OCc1c[nH]c2ccc(O)cc12. The van der Waals surface area contributed by atoms with Crippen molar-refractivity contribution in [2.45, 2.75) is 13.5 Å². The summed E-state index contributed by atoms with van der Waals surface area (Å²) < 4.78 is 4.89. The molecule has 0 amide bonds. The maximum Gasteiger partial charge on any atom is 0.302 e. The van der Waals surface area contributed by atoms with Crippen molar-refractivity contribution in [3.05, 3.63) is 30.0 Å². The van der Waals surface area contributed by atoms with Gasteiger partial charge in [-0.05, 0) is 18.2 Å². The van der Waals surface area contributed by atoms with Gasteiger partial charge in [0.25, 0.3) is 0 Å². The number of H-pyrrole nitrogens is 1. The van der Waals surface area contributed by atoms with Crippen LogP contribution in [0.3, 0.4) is 0 Å². The maximum absolute atomic E-state index is 10.7. The van der Waals surface area contributed by atoms with E-state index in [1.54, 1.807) is 24.4 Å². The number of phenolic OH excluding ortho intramolecular Hbond substituents is 1. The van der Waals surface area contributed by atoms with Crippen LogP contribution in [0, 0.1) is 0 Å². The Hall–Kier alpha value is -1.97. The van der Waals surface area contributed by atoms with Crippen LogP contribution < -0.4 is 0 Å². The monoisotopic (exact) mass is 205 g/mol. The molecule has 1 aromatic heterocycles. The van der Waals surface area contributed by atoms with Gasteiger partial charge in [-0.1, -0.05) is 0 Å². The van der Waals surface area contributed by atoms with Crippen LogP contribution >= 0.6 is 0 Å². The van der Waals surface area contributed by atoms with Gasteiger partial charge in [-0.25, -0.2) is 0 Å². The molecule has 78 valence electrons. The molecule has 0 saturated carbocycles. The summed E-state index contributed by atoms with van der Waals surface area (Å²) in [6, 6.07) is 5.03. The van der Waals surface area contributed by atoms with E-state index in [2.05, 4.69) is 4.98 Å². The van der Waals surface area contributed by atoms with Gasteiger partial charge in [0, 0.05) is 29.6 Å². The molecule has 0 aliphatic rings. The number of rotatable bonds is 2. The Labute approximate surface area is 86.5 Å². The van der Waals surface area contributed by atoms with Gasteiger partial charge in [0.05, 0.1) is 0 Å². The Bertz CT molecular complexity index is 502. The van der Waals surface area contributed by atoms with Crippen LogP contribution in [-0.2, 0) is 16.1 Å². The fourth-order valence-corrected chi connectivity index (χ4v) is 1.47. The molecular formula is C11H11NO3. The summed E-state index contributed by atoms with van der Waals surface area (Å²) in [6.07, 6.45) is 1.77. The molecule has 0 bridgehead atoms. The van der Waals surface area contributed by atoms with Crippen LogP contribution in [-0.4, -0.2) is 16.1 Å². The fraction of sp³-hybridized carbons (Fsp3) is 0.182. The van der Waals surface area contributed by atoms with Crippen molar-refractivity contribution in [1.29, 1.82) is 0 Å². The van der Waals surface area contributed by atoms with Crippen LogP contribution in [0.15, 0.2) is 24.4 Å². The Kier molecular flexibility index (Phi) is 2.33. The van der Waals surface area contributed by atoms with E-state index in [0.717, 1.165) is 16.5 Å². The molecule has 4 heteroatoms. The number of hydrogen-bond donors (Lipinski definition) is 2. The van der Waals surface area contributed by atoms with Gasteiger partial charge in [0.15, 0.2) is 0 Å². The molecule has 0 unspecified atom stereocenters. The number of ether oxygens (including phenoxy) is 1. The highest BCUT2D eigenvalue weighted by Crippen LogP contribution is 2.23. The highest BCUT2D eigenvalue weighted by molar-refractivity contribution is 5.84. The molecule has 0 spiro atoms. The highest BCUT2D eigenvalue weighted by atomic mass is 16.5. The third kappa shape index (κ3) is 1.93. The van der Waals surface area contributed by atoms with E-state index in [4.69, 9.17) is 4.74 Å². The van der Waals surface area contributed by atoms with Gasteiger partial charge in [-0.3, -0.25) is 4.79 Å².